The van der Waals surface area contributed by atoms with Gasteiger partial charge in [0, 0.05) is 6.20 Å². The summed E-state index contributed by atoms with van der Waals surface area (Å²) in [6.45, 7) is 1.91. The molecule has 21 heavy (non-hydrogen) atoms. The van der Waals surface area contributed by atoms with Gasteiger partial charge in [0.1, 0.15) is 5.69 Å². The zero-order valence-corrected chi connectivity index (χ0v) is 12.1. The predicted octanol–water partition coefficient (Wildman–Crippen LogP) is 2.61. The molecule has 3 rings (SSSR count). The number of imidazole rings is 1. The number of aryl methyl sites for hydroxylation is 1. The molecular weight excluding hydrogens is 286 g/mol. The molecule has 0 bridgehead atoms. The Balaban J connectivity index is 2.13. The molecule has 5 nitrogen and oxygen atoms in total. The van der Waals surface area contributed by atoms with Crippen molar-refractivity contribution in [3.05, 3.63) is 60.6 Å². The molecule has 0 fully saturated rings. The zero-order valence-electron chi connectivity index (χ0n) is 11.3. The van der Waals surface area contributed by atoms with Crippen LogP contribution in [0, 0.1) is 6.92 Å². The smallest absolute Gasteiger partial charge is 0.224 e. The van der Waals surface area contributed by atoms with E-state index < -0.39 is 9.84 Å². The quantitative estimate of drug-likeness (QED) is 0.806. The van der Waals surface area contributed by atoms with E-state index in [1.165, 1.54) is 6.33 Å². The molecular formula is C15H13N3O2S. The number of sulfone groups is 1. The van der Waals surface area contributed by atoms with Gasteiger partial charge in [0.15, 0.2) is 5.03 Å². The third kappa shape index (κ3) is 2.45. The second-order valence-corrected chi connectivity index (χ2v) is 6.50. The van der Waals surface area contributed by atoms with E-state index in [-0.39, 0.29) is 9.92 Å². The van der Waals surface area contributed by atoms with Gasteiger partial charge in [0.2, 0.25) is 9.84 Å². The van der Waals surface area contributed by atoms with Crippen LogP contribution in [0.4, 0.5) is 0 Å². The Morgan fingerprint density at radius 1 is 1.00 bits per heavy atom. The van der Waals surface area contributed by atoms with Gasteiger partial charge in [-0.25, -0.2) is 13.4 Å². The number of hydrogen-bond donors (Lipinski definition) is 1. The number of H-pyrrole nitrogens is 1. The molecule has 0 unspecified atom stereocenters. The van der Waals surface area contributed by atoms with Crippen LogP contribution in [0.15, 0.2) is 64.9 Å². The summed E-state index contributed by atoms with van der Waals surface area (Å²) in [6.07, 6.45) is 2.97. The first-order chi connectivity index (χ1) is 10.1. The summed E-state index contributed by atoms with van der Waals surface area (Å²) in [5.74, 6) is 0. The Kier molecular flexibility index (Phi) is 3.31. The lowest BCUT2D eigenvalue weighted by Gasteiger charge is -2.05. The number of pyridine rings is 1. The fraction of sp³-hybridized carbons (Fsp3) is 0.0667. The van der Waals surface area contributed by atoms with Crippen LogP contribution in [0.25, 0.3) is 11.4 Å². The van der Waals surface area contributed by atoms with Crippen molar-refractivity contribution < 1.29 is 8.42 Å². The molecule has 0 atom stereocenters. The van der Waals surface area contributed by atoms with Gasteiger partial charge in [0.05, 0.1) is 16.9 Å². The fourth-order valence-corrected chi connectivity index (χ4v) is 3.36. The Morgan fingerprint density at radius 2 is 1.76 bits per heavy atom. The molecule has 0 aliphatic heterocycles. The first kappa shape index (κ1) is 13.5. The van der Waals surface area contributed by atoms with E-state index in [0.29, 0.717) is 11.4 Å². The predicted molar refractivity (Wildman–Crippen MR) is 78.4 cm³/mol. The van der Waals surface area contributed by atoms with Gasteiger partial charge in [-0.2, -0.15) is 0 Å². The first-order valence-electron chi connectivity index (χ1n) is 6.35. The average Bonchev–Trinajstić information content (AvgIpc) is 2.99. The van der Waals surface area contributed by atoms with Crippen LogP contribution in [0.2, 0.25) is 0 Å². The summed E-state index contributed by atoms with van der Waals surface area (Å²) in [5, 5.41) is 0.0602. The molecule has 106 valence electrons. The molecule has 1 aromatic carbocycles. The Morgan fingerprint density at radius 3 is 2.43 bits per heavy atom. The van der Waals surface area contributed by atoms with Crippen molar-refractivity contribution in [3.63, 3.8) is 0 Å². The largest absolute Gasteiger partial charge is 0.335 e. The molecule has 0 aliphatic rings. The molecule has 1 N–H and O–H groups in total. The van der Waals surface area contributed by atoms with E-state index in [1.807, 2.05) is 6.92 Å². The summed E-state index contributed by atoms with van der Waals surface area (Å²) in [4.78, 5) is 11.2. The van der Waals surface area contributed by atoms with Gasteiger partial charge in [-0.1, -0.05) is 23.8 Å². The van der Waals surface area contributed by atoms with E-state index in [9.17, 15) is 8.42 Å². The Bertz CT molecular complexity index is 853. The van der Waals surface area contributed by atoms with E-state index in [2.05, 4.69) is 15.0 Å². The highest BCUT2D eigenvalue weighted by Crippen LogP contribution is 2.27. The highest BCUT2D eigenvalue weighted by Gasteiger charge is 2.24. The van der Waals surface area contributed by atoms with E-state index >= 15 is 0 Å². The first-order valence-corrected chi connectivity index (χ1v) is 7.84. The minimum absolute atomic E-state index is 0.0602. The number of rotatable bonds is 3. The van der Waals surface area contributed by atoms with Crippen LogP contribution in [-0.4, -0.2) is 23.4 Å². The van der Waals surface area contributed by atoms with E-state index in [1.54, 1.807) is 48.7 Å². The molecule has 3 aromatic rings. The molecule has 2 heterocycles. The van der Waals surface area contributed by atoms with Crippen LogP contribution in [0.5, 0.6) is 0 Å². The lowest BCUT2D eigenvalue weighted by Crippen LogP contribution is -2.04. The van der Waals surface area contributed by atoms with Crippen molar-refractivity contribution in [2.75, 3.05) is 0 Å². The van der Waals surface area contributed by atoms with Crippen molar-refractivity contribution in [1.82, 2.24) is 15.0 Å². The summed E-state index contributed by atoms with van der Waals surface area (Å²) < 4.78 is 25.4. The lowest BCUT2D eigenvalue weighted by atomic mass is 10.2. The van der Waals surface area contributed by atoms with Crippen LogP contribution < -0.4 is 0 Å². The van der Waals surface area contributed by atoms with Crippen molar-refractivity contribution in [2.24, 2.45) is 0 Å². The minimum Gasteiger partial charge on any atom is -0.335 e. The third-order valence-corrected chi connectivity index (χ3v) is 4.85. The molecule has 2 aromatic heterocycles. The molecule has 6 heteroatoms. The van der Waals surface area contributed by atoms with E-state index in [4.69, 9.17) is 0 Å². The molecule has 0 saturated heterocycles. The van der Waals surface area contributed by atoms with Crippen LogP contribution in [-0.2, 0) is 9.84 Å². The van der Waals surface area contributed by atoms with Gasteiger partial charge in [-0.3, -0.25) is 4.98 Å². The van der Waals surface area contributed by atoms with Crippen LogP contribution >= 0.6 is 0 Å². The highest BCUT2D eigenvalue weighted by atomic mass is 32.2. The maximum absolute atomic E-state index is 12.7. The minimum atomic E-state index is -3.65. The van der Waals surface area contributed by atoms with Crippen molar-refractivity contribution in [3.8, 4) is 11.4 Å². The van der Waals surface area contributed by atoms with Gasteiger partial charge < -0.3 is 4.98 Å². The second-order valence-electron chi connectivity index (χ2n) is 4.61. The number of nitrogens with one attached hydrogen (secondary N) is 1. The fourth-order valence-electron chi connectivity index (χ4n) is 2.01. The summed E-state index contributed by atoms with van der Waals surface area (Å²) >= 11 is 0. The molecule has 0 aliphatic carbocycles. The number of nitrogens with zero attached hydrogens (tertiary/aromatic N) is 2. The number of aromatic nitrogens is 3. The molecule has 0 spiro atoms. The van der Waals surface area contributed by atoms with Crippen LogP contribution in [0.1, 0.15) is 5.56 Å². The lowest BCUT2D eigenvalue weighted by molar-refractivity contribution is 0.593. The summed E-state index contributed by atoms with van der Waals surface area (Å²) in [7, 11) is -3.65. The van der Waals surface area contributed by atoms with Crippen molar-refractivity contribution >= 4 is 9.84 Å². The maximum atomic E-state index is 12.7. The van der Waals surface area contributed by atoms with Gasteiger partial charge in [-0.15, -0.1) is 0 Å². The second kappa shape index (κ2) is 5.14. The summed E-state index contributed by atoms with van der Waals surface area (Å²) in [5.41, 5.74) is 1.85. The maximum Gasteiger partial charge on any atom is 0.224 e. The van der Waals surface area contributed by atoms with Gasteiger partial charge in [-0.05, 0) is 31.2 Å². The standard InChI is InChI=1S/C15H13N3O2S/c1-11-5-7-12(8-6-11)21(19,20)15-14(17-10-18-15)13-4-2-3-9-16-13/h2-10H,1H3,(H,17,18). The van der Waals surface area contributed by atoms with Crippen molar-refractivity contribution in [2.45, 2.75) is 16.8 Å². The Hall–Kier alpha value is -2.47. The third-order valence-electron chi connectivity index (χ3n) is 3.11. The zero-order chi connectivity index (χ0) is 14.9. The monoisotopic (exact) mass is 299 g/mol. The van der Waals surface area contributed by atoms with Crippen molar-refractivity contribution in [1.29, 1.82) is 0 Å². The van der Waals surface area contributed by atoms with Gasteiger partial charge >= 0.3 is 0 Å². The molecule has 0 saturated carbocycles. The SMILES string of the molecule is Cc1ccc(S(=O)(=O)c2[nH]cnc2-c2ccccn2)cc1. The van der Waals surface area contributed by atoms with Crippen LogP contribution in [0.3, 0.4) is 0 Å². The topological polar surface area (TPSA) is 75.7 Å². The number of benzene rings is 1. The number of hydrogen-bond acceptors (Lipinski definition) is 4. The molecule has 0 radical (unpaired) electrons. The average molecular weight is 299 g/mol. The van der Waals surface area contributed by atoms with E-state index in [0.717, 1.165) is 5.56 Å². The van der Waals surface area contributed by atoms with Gasteiger partial charge in [0.25, 0.3) is 0 Å². The molecule has 0 amide bonds. The summed E-state index contributed by atoms with van der Waals surface area (Å²) in [6, 6.07) is 12.0. The highest BCUT2D eigenvalue weighted by molar-refractivity contribution is 7.91. The Labute approximate surface area is 122 Å². The number of aromatic amines is 1. The normalized spacial score (nSPS) is 11.5.